The molecule has 1 heterocycles. The lowest BCUT2D eigenvalue weighted by Gasteiger charge is -2.20. The summed E-state index contributed by atoms with van der Waals surface area (Å²) in [7, 11) is 0. The SMILES string of the molecule is CCOC(=O)C1CCC[C@H]1Nc1nc(CI)ncc1F. The Labute approximate surface area is 130 Å². The van der Waals surface area contributed by atoms with Crippen LogP contribution in [0.15, 0.2) is 6.20 Å². The molecule has 1 saturated carbocycles. The molecule has 0 aliphatic heterocycles. The molecule has 2 atom stereocenters. The van der Waals surface area contributed by atoms with Crippen molar-refractivity contribution in [1.29, 1.82) is 0 Å². The number of ether oxygens (including phenoxy) is 1. The van der Waals surface area contributed by atoms with Gasteiger partial charge in [-0.15, -0.1) is 0 Å². The number of alkyl halides is 1. The van der Waals surface area contributed by atoms with Gasteiger partial charge in [0.15, 0.2) is 11.6 Å². The normalized spacial score (nSPS) is 21.8. The molecule has 1 N–H and O–H groups in total. The standard InChI is InChI=1S/C13H17FIN3O2/c1-2-20-13(19)8-4-3-5-10(8)17-12-9(14)7-16-11(6-15)18-12/h7-8,10H,2-6H2,1H3,(H,16,17,18)/t8?,10-/m1/s1. The number of carbonyl (C=O) groups is 1. The highest BCUT2D eigenvalue weighted by atomic mass is 127. The Hall–Kier alpha value is -0.990. The maximum atomic E-state index is 13.7. The molecule has 1 aliphatic carbocycles. The van der Waals surface area contributed by atoms with E-state index in [9.17, 15) is 9.18 Å². The van der Waals surface area contributed by atoms with Gasteiger partial charge in [0.25, 0.3) is 0 Å². The molecule has 1 aromatic heterocycles. The number of hydrogen-bond donors (Lipinski definition) is 1. The highest BCUT2D eigenvalue weighted by molar-refractivity contribution is 14.1. The summed E-state index contributed by atoms with van der Waals surface area (Å²) in [4.78, 5) is 19.9. The lowest BCUT2D eigenvalue weighted by molar-refractivity contribution is -0.148. The molecule has 5 nitrogen and oxygen atoms in total. The van der Waals surface area contributed by atoms with Crippen molar-refractivity contribution in [2.45, 2.75) is 36.7 Å². The molecule has 1 fully saturated rings. The minimum Gasteiger partial charge on any atom is -0.466 e. The zero-order chi connectivity index (χ0) is 14.5. The van der Waals surface area contributed by atoms with Gasteiger partial charge in [-0.1, -0.05) is 29.0 Å². The maximum Gasteiger partial charge on any atom is 0.311 e. The zero-order valence-electron chi connectivity index (χ0n) is 11.2. The van der Waals surface area contributed by atoms with E-state index in [-0.39, 0.29) is 23.7 Å². The van der Waals surface area contributed by atoms with Crippen LogP contribution in [0.5, 0.6) is 0 Å². The first-order valence-electron chi connectivity index (χ1n) is 6.66. The molecule has 2 rings (SSSR count). The summed E-state index contributed by atoms with van der Waals surface area (Å²) in [5.74, 6) is -0.195. The molecule has 7 heteroatoms. The van der Waals surface area contributed by atoms with E-state index in [0.29, 0.717) is 16.9 Å². The van der Waals surface area contributed by atoms with E-state index in [2.05, 4.69) is 37.9 Å². The van der Waals surface area contributed by atoms with Crippen molar-refractivity contribution >= 4 is 34.4 Å². The molecule has 20 heavy (non-hydrogen) atoms. The summed E-state index contributed by atoms with van der Waals surface area (Å²) in [6, 6.07) is -0.125. The Morgan fingerprint density at radius 3 is 3.10 bits per heavy atom. The molecular formula is C13H17FIN3O2. The van der Waals surface area contributed by atoms with E-state index >= 15 is 0 Å². The molecule has 0 spiro atoms. The second-order valence-electron chi connectivity index (χ2n) is 4.66. The Kier molecular flexibility index (Phi) is 5.50. The Morgan fingerprint density at radius 1 is 1.60 bits per heavy atom. The predicted octanol–water partition coefficient (Wildman–Crippen LogP) is 2.69. The number of esters is 1. The van der Waals surface area contributed by atoms with Gasteiger partial charge in [-0.3, -0.25) is 4.79 Å². The molecule has 1 aromatic rings. The first-order chi connectivity index (χ1) is 9.65. The fourth-order valence-electron chi connectivity index (χ4n) is 2.41. The first-order valence-corrected chi connectivity index (χ1v) is 8.18. The smallest absolute Gasteiger partial charge is 0.311 e. The number of nitrogens with one attached hydrogen (secondary N) is 1. The molecule has 1 aliphatic rings. The average Bonchev–Trinajstić information content (AvgIpc) is 2.90. The molecular weight excluding hydrogens is 376 g/mol. The van der Waals surface area contributed by atoms with Gasteiger partial charge in [-0.05, 0) is 19.8 Å². The van der Waals surface area contributed by atoms with Crippen LogP contribution in [-0.2, 0) is 14.0 Å². The molecule has 0 aromatic carbocycles. The van der Waals surface area contributed by atoms with Gasteiger partial charge in [-0.2, -0.15) is 0 Å². The van der Waals surface area contributed by atoms with Crippen LogP contribution in [0.2, 0.25) is 0 Å². The summed E-state index contributed by atoms with van der Waals surface area (Å²) >= 11 is 2.12. The van der Waals surface area contributed by atoms with Crippen LogP contribution in [-0.4, -0.2) is 28.6 Å². The van der Waals surface area contributed by atoms with E-state index in [1.54, 1.807) is 6.92 Å². The minimum absolute atomic E-state index is 0.125. The lowest BCUT2D eigenvalue weighted by atomic mass is 10.0. The third-order valence-electron chi connectivity index (χ3n) is 3.34. The highest BCUT2D eigenvalue weighted by Crippen LogP contribution is 2.29. The van der Waals surface area contributed by atoms with Gasteiger partial charge in [0, 0.05) is 6.04 Å². The van der Waals surface area contributed by atoms with Gasteiger partial charge in [-0.25, -0.2) is 14.4 Å². The minimum atomic E-state index is -0.492. The average molecular weight is 393 g/mol. The predicted molar refractivity (Wildman–Crippen MR) is 81.1 cm³/mol. The number of aromatic nitrogens is 2. The van der Waals surface area contributed by atoms with Crippen LogP contribution in [0, 0.1) is 11.7 Å². The number of rotatable bonds is 5. The van der Waals surface area contributed by atoms with Gasteiger partial charge in [0.1, 0.15) is 5.82 Å². The van der Waals surface area contributed by atoms with Crippen LogP contribution in [0.4, 0.5) is 10.2 Å². The van der Waals surface area contributed by atoms with Crippen LogP contribution in [0.25, 0.3) is 0 Å². The van der Waals surface area contributed by atoms with Gasteiger partial charge < -0.3 is 10.1 Å². The number of hydrogen-bond acceptors (Lipinski definition) is 5. The first kappa shape index (κ1) is 15.4. The summed E-state index contributed by atoms with van der Waals surface area (Å²) in [6.45, 7) is 2.15. The Balaban J connectivity index is 2.10. The van der Waals surface area contributed by atoms with Crippen molar-refractivity contribution in [1.82, 2.24) is 9.97 Å². The second kappa shape index (κ2) is 7.14. The molecule has 0 amide bonds. The maximum absolute atomic E-state index is 13.7. The van der Waals surface area contributed by atoms with Gasteiger partial charge in [0.2, 0.25) is 0 Å². The van der Waals surface area contributed by atoms with Crippen LogP contribution in [0.1, 0.15) is 32.0 Å². The summed E-state index contributed by atoms with van der Waals surface area (Å²) < 4.78 is 19.4. The number of halogens is 2. The third-order valence-corrected chi connectivity index (χ3v) is 4.02. The van der Waals surface area contributed by atoms with Crippen molar-refractivity contribution in [3.05, 3.63) is 17.8 Å². The van der Waals surface area contributed by atoms with E-state index < -0.39 is 5.82 Å². The quantitative estimate of drug-likeness (QED) is 0.474. The van der Waals surface area contributed by atoms with Crippen LogP contribution < -0.4 is 5.32 Å². The summed E-state index contributed by atoms with van der Waals surface area (Å²) in [5, 5.41) is 3.04. The van der Waals surface area contributed by atoms with Gasteiger partial charge in [0.05, 0.1) is 23.1 Å². The second-order valence-corrected chi connectivity index (χ2v) is 5.42. The van der Waals surface area contributed by atoms with E-state index in [4.69, 9.17) is 4.74 Å². The van der Waals surface area contributed by atoms with Crippen molar-refractivity contribution in [3.63, 3.8) is 0 Å². The van der Waals surface area contributed by atoms with Crippen LogP contribution >= 0.6 is 22.6 Å². The number of carbonyl (C=O) groups excluding carboxylic acids is 1. The topological polar surface area (TPSA) is 64.1 Å². The largest absolute Gasteiger partial charge is 0.466 e. The molecule has 1 unspecified atom stereocenters. The third kappa shape index (κ3) is 3.56. The molecule has 0 radical (unpaired) electrons. The Bertz CT molecular complexity index is 487. The number of nitrogens with zero attached hydrogens (tertiary/aromatic N) is 2. The van der Waals surface area contributed by atoms with E-state index in [1.807, 2.05) is 0 Å². The van der Waals surface area contributed by atoms with Crippen molar-refractivity contribution in [2.75, 3.05) is 11.9 Å². The van der Waals surface area contributed by atoms with E-state index in [1.165, 1.54) is 0 Å². The fraction of sp³-hybridized carbons (Fsp3) is 0.615. The lowest BCUT2D eigenvalue weighted by Crippen LogP contribution is -2.32. The van der Waals surface area contributed by atoms with Crippen molar-refractivity contribution in [3.8, 4) is 0 Å². The fourth-order valence-corrected chi connectivity index (χ4v) is 2.78. The number of anilines is 1. The highest BCUT2D eigenvalue weighted by Gasteiger charge is 2.34. The van der Waals surface area contributed by atoms with Crippen LogP contribution in [0.3, 0.4) is 0 Å². The summed E-state index contributed by atoms with van der Waals surface area (Å²) in [6.07, 6.45) is 3.67. The van der Waals surface area contributed by atoms with Gasteiger partial charge >= 0.3 is 5.97 Å². The molecule has 110 valence electrons. The molecule has 0 saturated heterocycles. The van der Waals surface area contributed by atoms with E-state index in [0.717, 1.165) is 25.5 Å². The Morgan fingerprint density at radius 2 is 2.40 bits per heavy atom. The monoisotopic (exact) mass is 393 g/mol. The molecule has 0 bridgehead atoms. The summed E-state index contributed by atoms with van der Waals surface area (Å²) in [5.41, 5.74) is 0. The van der Waals surface area contributed by atoms with Crippen molar-refractivity contribution in [2.24, 2.45) is 5.92 Å². The zero-order valence-corrected chi connectivity index (χ0v) is 13.4. The van der Waals surface area contributed by atoms with Crippen molar-refractivity contribution < 1.29 is 13.9 Å².